The zero-order valence-corrected chi connectivity index (χ0v) is 25.9. The number of hydrogen-bond acceptors (Lipinski definition) is 5. The molecule has 0 saturated carbocycles. The normalized spacial score (nSPS) is 11.1. The molecule has 6 rings (SSSR count). The number of fused-ring (bicyclic) bond motifs is 2. The topological polar surface area (TPSA) is 51.8 Å². The first kappa shape index (κ1) is 30.5. The molecular weight excluding hydrogens is 554 g/mol. The van der Waals surface area contributed by atoms with Gasteiger partial charge in [0.15, 0.2) is 0 Å². The molecule has 6 aromatic carbocycles. The molecule has 0 radical (unpaired) electrons. The smallest absolute Gasteiger partial charge is 0.413 e. The second-order valence-corrected chi connectivity index (χ2v) is 11.0. The maximum Gasteiger partial charge on any atom is 0.449 e. The van der Waals surface area contributed by atoms with E-state index < -0.39 is 0 Å². The van der Waals surface area contributed by atoms with Crippen molar-refractivity contribution >= 4 is 57.9 Å². The van der Waals surface area contributed by atoms with E-state index in [9.17, 15) is 0 Å². The fraction of sp³-hybridized carbons (Fsp3) is 0.158. The highest BCUT2D eigenvalue weighted by atomic mass is 16.5. The summed E-state index contributed by atoms with van der Waals surface area (Å²) in [7, 11) is -0.552. The minimum absolute atomic E-state index is 0.276. The van der Waals surface area contributed by atoms with Crippen LogP contribution in [-0.2, 0) is 27.3 Å². The van der Waals surface area contributed by atoms with Gasteiger partial charge < -0.3 is 24.5 Å². The molecule has 0 saturated heterocycles. The Kier molecular flexibility index (Phi) is 10.1. The molecule has 0 aliphatic rings. The van der Waals surface area contributed by atoms with Crippen LogP contribution < -0.4 is 21.4 Å². The molecule has 224 valence electrons. The Morgan fingerprint density at radius 2 is 0.911 bits per heavy atom. The number of benzene rings is 6. The number of anilines is 2. The van der Waals surface area contributed by atoms with Gasteiger partial charge >= 0.3 is 14.1 Å². The quantitative estimate of drug-likeness (QED) is 0.129. The lowest BCUT2D eigenvalue weighted by Crippen LogP contribution is -2.42. The molecule has 0 aliphatic carbocycles. The Morgan fingerprint density at radius 1 is 0.489 bits per heavy atom. The third-order valence-corrected chi connectivity index (χ3v) is 7.86. The van der Waals surface area contributed by atoms with Crippen LogP contribution in [0.5, 0.6) is 0 Å². The summed E-state index contributed by atoms with van der Waals surface area (Å²) < 4.78 is 18.5. The van der Waals surface area contributed by atoms with E-state index in [-0.39, 0.29) is 14.1 Å². The van der Waals surface area contributed by atoms with Crippen LogP contribution >= 0.6 is 0 Å². The minimum atomic E-state index is -0.276. The summed E-state index contributed by atoms with van der Waals surface area (Å²) in [5, 5.41) is 12.0. The fourth-order valence-electron chi connectivity index (χ4n) is 5.74. The van der Waals surface area contributed by atoms with Crippen LogP contribution in [0.2, 0.25) is 0 Å². The monoisotopic (exact) mass is 592 g/mol. The molecule has 0 amide bonds. The maximum atomic E-state index is 6.22. The second-order valence-electron chi connectivity index (χ2n) is 11.0. The fourth-order valence-corrected chi connectivity index (χ4v) is 5.74. The summed E-state index contributed by atoms with van der Waals surface area (Å²) in [5.74, 6) is 0. The van der Waals surface area contributed by atoms with Gasteiger partial charge in [0.1, 0.15) is 0 Å². The first-order valence-corrected chi connectivity index (χ1v) is 15.7. The highest BCUT2D eigenvalue weighted by Gasteiger charge is 2.22. The number of ether oxygens (including phenoxy) is 1. The van der Waals surface area contributed by atoms with E-state index in [0.29, 0.717) is 26.4 Å². The van der Waals surface area contributed by atoms with Gasteiger partial charge in [0.2, 0.25) is 0 Å². The molecule has 0 fully saturated rings. The van der Waals surface area contributed by atoms with Crippen molar-refractivity contribution in [2.75, 3.05) is 23.7 Å². The van der Waals surface area contributed by atoms with E-state index >= 15 is 0 Å². The average Bonchev–Trinajstić information content (AvgIpc) is 3.08. The molecule has 0 spiro atoms. The largest absolute Gasteiger partial charge is 0.449 e. The van der Waals surface area contributed by atoms with E-state index in [1.54, 1.807) is 0 Å². The third-order valence-electron chi connectivity index (χ3n) is 7.86. The van der Waals surface area contributed by atoms with Crippen LogP contribution in [0.3, 0.4) is 0 Å². The molecule has 0 aromatic heterocycles. The molecule has 6 aromatic rings. The van der Waals surface area contributed by atoms with E-state index in [0.717, 1.165) is 33.4 Å². The van der Waals surface area contributed by atoms with Crippen LogP contribution in [0.15, 0.2) is 133 Å². The summed E-state index contributed by atoms with van der Waals surface area (Å²) in [5.41, 5.74) is 6.41. The van der Waals surface area contributed by atoms with Gasteiger partial charge in [-0.1, -0.05) is 121 Å². The molecule has 2 N–H and O–H groups in total. The maximum absolute atomic E-state index is 6.22. The Labute approximate surface area is 266 Å². The predicted octanol–water partition coefficient (Wildman–Crippen LogP) is 7.40. The highest BCUT2D eigenvalue weighted by Crippen LogP contribution is 2.24. The molecule has 0 aliphatic heterocycles. The van der Waals surface area contributed by atoms with E-state index in [1.807, 2.05) is 13.8 Å². The molecular formula is C38H38B2N2O3. The van der Waals surface area contributed by atoms with E-state index in [4.69, 9.17) is 14.0 Å². The van der Waals surface area contributed by atoms with Crippen molar-refractivity contribution in [1.82, 2.24) is 0 Å². The molecule has 0 unspecified atom stereocenters. The molecule has 0 atom stereocenters. The van der Waals surface area contributed by atoms with Gasteiger partial charge in [0.05, 0.1) is 13.2 Å². The van der Waals surface area contributed by atoms with Gasteiger partial charge in [-0.05, 0) is 58.8 Å². The number of nitrogens with one attached hydrogen (secondary N) is 2. The molecule has 0 bridgehead atoms. The van der Waals surface area contributed by atoms with Crippen molar-refractivity contribution in [1.29, 1.82) is 0 Å². The van der Waals surface area contributed by atoms with Gasteiger partial charge in [-0.3, -0.25) is 0 Å². The van der Waals surface area contributed by atoms with Crippen LogP contribution in [-0.4, -0.2) is 27.3 Å². The summed E-state index contributed by atoms with van der Waals surface area (Å²) in [6, 6.07) is 46.2. The number of rotatable bonds is 14. The predicted molar refractivity (Wildman–Crippen MR) is 191 cm³/mol. The van der Waals surface area contributed by atoms with Crippen LogP contribution in [0.25, 0.3) is 21.5 Å². The lowest BCUT2D eigenvalue weighted by molar-refractivity contribution is 0.107. The molecule has 0 heterocycles. The Balaban J connectivity index is 1.12. The first-order valence-electron chi connectivity index (χ1n) is 15.7. The summed E-state index contributed by atoms with van der Waals surface area (Å²) in [6.45, 7) is 6.22. The second kappa shape index (κ2) is 15.0. The highest BCUT2D eigenvalue weighted by molar-refractivity contribution is 6.71. The van der Waals surface area contributed by atoms with Crippen molar-refractivity contribution in [3.8, 4) is 0 Å². The Morgan fingerprint density at radius 3 is 1.38 bits per heavy atom. The van der Waals surface area contributed by atoms with Gasteiger partial charge in [-0.25, -0.2) is 0 Å². The lowest BCUT2D eigenvalue weighted by Gasteiger charge is -2.19. The first-order chi connectivity index (χ1) is 22.2. The summed E-state index contributed by atoms with van der Waals surface area (Å²) in [6.07, 6.45) is 0. The standard InChI is InChI=1S/C38H38B2N2O3/c1-3-44-39(41-37-23-11-17-31-15-5-7-21-35(31)37)33-19-9-13-29(25-33)27-43-28-30-14-10-20-34(26-30)40(45-4-2)42-38-24-12-18-32-16-6-8-22-36(32)38/h5-26,41-42H,3-4,27-28H2,1-2H3. The van der Waals surface area contributed by atoms with Crippen LogP contribution in [0, 0.1) is 0 Å². The van der Waals surface area contributed by atoms with Crippen molar-refractivity contribution < 1.29 is 14.0 Å². The average molecular weight is 592 g/mol. The number of hydrogen-bond donors (Lipinski definition) is 2. The van der Waals surface area contributed by atoms with Gasteiger partial charge in [-0.2, -0.15) is 0 Å². The van der Waals surface area contributed by atoms with Gasteiger partial charge in [0, 0.05) is 35.4 Å². The van der Waals surface area contributed by atoms with Crippen molar-refractivity contribution in [3.63, 3.8) is 0 Å². The molecule has 7 heteroatoms. The molecule has 5 nitrogen and oxygen atoms in total. The summed E-state index contributed by atoms with van der Waals surface area (Å²) >= 11 is 0. The van der Waals surface area contributed by atoms with E-state index in [1.165, 1.54) is 21.5 Å². The Hall–Kier alpha value is -4.55. The molecule has 45 heavy (non-hydrogen) atoms. The summed E-state index contributed by atoms with van der Waals surface area (Å²) in [4.78, 5) is 0. The van der Waals surface area contributed by atoms with Crippen molar-refractivity contribution in [3.05, 3.63) is 145 Å². The zero-order chi connectivity index (χ0) is 30.8. The minimum Gasteiger partial charge on any atom is -0.413 e. The van der Waals surface area contributed by atoms with Crippen molar-refractivity contribution in [2.24, 2.45) is 0 Å². The lowest BCUT2D eigenvalue weighted by atomic mass is 9.72. The van der Waals surface area contributed by atoms with Crippen LogP contribution in [0.4, 0.5) is 11.4 Å². The third kappa shape index (κ3) is 7.58. The zero-order valence-electron chi connectivity index (χ0n) is 25.9. The van der Waals surface area contributed by atoms with Crippen LogP contribution in [0.1, 0.15) is 25.0 Å². The van der Waals surface area contributed by atoms with Crippen molar-refractivity contribution in [2.45, 2.75) is 27.1 Å². The Bertz CT molecular complexity index is 1720. The SMILES string of the molecule is CCOB(Nc1cccc2ccccc12)c1cccc(COCc2cccc(B(Nc3cccc4ccccc34)OCC)c2)c1. The van der Waals surface area contributed by atoms with Gasteiger partial charge in [0.25, 0.3) is 0 Å². The van der Waals surface area contributed by atoms with E-state index in [2.05, 4.69) is 144 Å². The van der Waals surface area contributed by atoms with Gasteiger partial charge in [-0.15, -0.1) is 0 Å².